The molecule has 0 radical (unpaired) electrons. The molecule has 0 aromatic rings. The van der Waals surface area contributed by atoms with Crippen molar-refractivity contribution in [2.45, 2.75) is 48.9 Å². The molecule has 0 amide bonds. The standard InChI is InChI=1S/C12H17I/c13-12-8-4-7-11(9-12)10-5-2-1-3-6-10/h5,9,12H,1-4,6-8H2. The molecule has 0 heterocycles. The summed E-state index contributed by atoms with van der Waals surface area (Å²) in [4.78, 5) is 0. The van der Waals surface area contributed by atoms with E-state index in [1.54, 1.807) is 11.1 Å². The first-order valence-electron chi connectivity index (χ1n) is 5.40. The van der Waals surface area contributed by atoms with Crippen LogP contribution in [0.4, 0.5) is 0 Å². The third kappa shape index (κ3) is 2.58. The highest BCUT2D eigenvalue weighted by Crippen LogP contribution is 2.32. The largest absolute Gasteiger partial charge is 0.0811 e. The van der Waals surface area contributed by atoms with Crippen molar-refractivity contribution in [1.82, 2.24) is 0 Å². The molecule has 1 unspecified atom stereocenters. The zero-order valence-corrected chi connectivity index (χ0v) is 10.2. The van der Waals surface area contributed by atoms with Gasteiger partial charge in [0.1, 0.15) is 0 Å². The monoisotopic (exact) mass is 288 g/mol. The summed E-state index contributed by atoms with van der Waals surface area (Å²) in [6.07, 6.45) is 14.6. The van der Waals surface area contributed by atoms with E-state index < -0.39 is 0 Å². The lowest BCUT2D eigenvalue weighted by molar-refractivity contribution is 0.673. The van der Waals surface area contributed by atoms with Crippen LogP contribution in [0.5, 0.6) is 0 Å². The summed E-state index contributed by atoms with van der Waals surface area (Å²) in [7, 11) is 0. The van der Waals surface area contributed by atoms with Crippen molar-refractivity contribution >= 4 is 22.6 Å². The SMILES string of the molecule is IC1C=C(C2=CCCCC2)CCC1. The van der Waals surface area contributed by atoms with Crippen LogP contribution in [0.15, 0.2) is 23.3 Å². The molecule has 0 fully saturated rings. The fourth-order valence-corrected chi connectivity index (χ4v) is 3.14. The quantitative estimate of drug-likeness (QED) is 0.495. The minimum absolute atomic E-state index is 0.796. The Balaban J connectivity index is 2.10. The van der Waals surface area contributed by atoms with Crippen molar-refractivity contribution in [3.8, 4) is 0 Å². The first kappa shape index (κ1) is 9.75. The van der Waals surface area contributed by atoms with Gasteiger partial charge in [-0.3, -0.25) is 0 Å². The van der Waals surface area contributed by atoms with E-state index in [0.717, 1.165) is 3.92 Å². The molecule has 2 aliphatic rings. The van der Waals surface area contributed by atoms with Gasteiger partial charge in [0.25, 0.3) is 0 Å². The molecule has 0 aromatic carbocycles. The van der Waals surface area contributed by atoms with Gasteiger partial charge >= 0.3 is 0 Å². The predicted molar refractivity (Wildman–Crippen MR) is 66.3 cm³/mol. The van der Waals surface area contributed by atoms with Crippen LogP contribution < -0.4 is 0 Å². The fourth-order valence-electron chi connectivity index (χ4n) is 2.27. The van der Waals surface area contributed by atoms with Crippen LogP contribution >= 0.6 is 22.6 Å². The van der Waals surface area contributed by atoms with Gasteiger partial charge in [-0.15, -0.1) is 0 Å². The van der Waals surface area contributed by atoms with Gasteiger partial charge in [0, 0.05) is 3.92 Å². The van der Waals surface area contributed by atoms with Crippen molar-refractivity contribution in [2.24, 2.45) is 0 Å². The summed E-state index contributed by atoms with van der Waals surface area (Å²) < 4.78 is 0.796. The number of allylic oxidation sites excluding steroid dienone is 4. The van der Waals surface area contributed by atoms with Crippen LogP contribution in [0.25, 0.3) is 0 Å². The highest BCUT2D eigenvalue weighted by molar-refractivity contribution is 14.1. The van der Waals surface area contributed by atoms with Gasteiger partial charge in [-0.25, -0.2) is 0 Å². The average Bonchev–Trinajstić information content (AvgIpc) is 2.19. The fraction of sp³-hybridized carbons (Fsp3) is 0.667. The molecule has 1 atom stereocenters. The van der Waals surface area contributed by atoms with E-state index in [2.05, 4.69) is 34.7 Å². The molecule has 1 heteroatoms. The maximum absolute atomic E-state index is 2.56. The lowest BCUT2D eigenvalue weighted by atomic mass is 9.87. The maximum atomic E-state index is 2.56. The Hall–Kier alpha value is 0.210. The van der Waals surface area contributed by atoms with Gasteiger partial charge in [0.2, 0.25) is 0 Å². The molecular formula is C12H17I. The number of halogens is 1. The van der Waals surface area contributed by atoms with E-state index in [0.29, 0.717) is 0 Å². The summed E-state index contributed by atoms with van der Waals surface area (Å²) in [6, 6.07) is 0. The molecule has 13 heavy (non-hydrogen) atoms. The molecule has 0 N–H and O–H groups in total. The second-order valence-electron chi connectivity index (χ2n) is 4.08. The van der Waals surface area contributed by atoms with Crippen LogP contribution in [0, 0.1) is 0 Å². The molecule has 0 bridgehead atoms. The van der Waals surface area contributed by atoms with Crippen LogP contribution in [0.1, 0.15) is 44.9 Å². The van der Waals surface area contributed by atoms with Crippen LogP contribution in [0.2, 0.25) is 0 Å². The molecular weight excluding hydrogens is 271 g/mol. The second kappa shape index (κ2) is 4.63. The first-order chi connectivity index (χ1) is 6.36. The predicted octanol–water partition coefficient (Wildman–Crippen LogP) is 4.40. The van der Waals surface area contributed by atoms with E-state index >= 15 is 0 Å². The van der Waals surface area contributed by atoms with Crippen LogP contribution in [-0.4, -0.2) is 3.92 Å². The molecule has 2 aliphatic carbocycles. The van der Waals surface area contributed by atoms with Crippen molar-refractivity contribution in [2.75, 3.05) is 0 Å². The van der Waals surface area contributed by atoms with E-state index in [1.165, 1.54) is 44.9 Å². The van der Waals surface area contributed by atoms with Gasteiger partial charge in [-0.1, -0.05) is 34.7 Å². The number of hydrogen-bond acceptors (Lipinski definition) is 0. The van der Waals surface area contributed by atoms with Crippen LogP contribution in [-0.2, 0) is 0 Å². The van der Waals surface area contributed by atoms with Gasteiger partial charge in [-0.05, 0) is 56.1 Å². The zero-order chi connectivity index (χ0) is 9.10. The van der Waals surface area contributed by atoms with Gasteiger partial charge in [-0.2, -0.15) is 0 Å². The van der Waals surface area contributed by atoms with Crippen molar-refractivity contribution in [1.29, 1.82) is 0 Å². The molecule has 72 valence electrons. The Morgan fingerprint density at radius 2 is 1.92 bits per heavy atom. The number of rotatable bonds is 1. The third-order valence-electron chi connectivity index (χ3n) is 3.01. The normalized spacial score (nSPS) is 29.5. The van der Waals surface area contributed by atoms with Crippen molar-refractivity contribution in [3.63, 3.8) is 0 Å². The average molecular weight is 288 g/mol. The maximum Gasteiger partial charge on any atom is 0.0295 e. The molecule has 0 aliphatic heterocycles. The molecule has 0 saturated heterocycles. The summed E-state index contributed by atoms with van der Waals surface area (Å²) in [6.45, 7) is 0. The van der Waals surface area contributed by atoms with E-state index in [1.807, 2.05) is 0 Å². The molecule has 0 spiro atoms. The smallest absolute Gasteiger partial charge is 0.0295 e. The molecule has 0 nitrogen and oxygen atoms in total. The highest BCUT2D eigenvalue weighted by atomic mass is 127. The molecule has 2 rings (SSSR count). The Bertz CT molecular complexity index is 238. The van der Waals surface area contributed by atoms with E-state index in [4.69, 9.17) is 0 Å². The van der Waals surface area contributed by atoms with Crippen molar-refractivity contribution < 1.29 is 0 Å². The second-order valence-corrected chi connectivity index (χ2v) is 5.68. The first-order valence-corrected chi connectivity index (χ1v) is 6.65. The Kier molecular flexibility index (Phi) is 3.47. The summed E-state index contributed by atoms with van der Waals surface area (Å²) >= 11 is 2.56. The summed E-state index contributed by atoms with van der Waals surface area (Å²) in [5.41, 5.74) is 3.35. The minimum atomic E-state index is 0.796. The topological polar surface area (TPSA) is 0 Å². The number of alkyl halides is 1. The van der Waals surface area contributed by atoms with Gasteiger partial charge < -0.3 is 0 Å². The third-order valence-corrected chi connectivity index (χ3v) is 3.99. The number of hydrogen-bond donors (Lipinski definition) is 0. The Morgan fingerprint density at radius 1 is 1.08 bits per heavy atom. The van der Waals surface area contributed by atoms with Gasteiger partial charge in [0.05, 0.1) is 0 Å². The molecule has 0 aromatic heterocycles. The Morgan fingerprint density at radius 3 is 2.62 bits per heavy atom. The zero-order valence-electron chi connectivity index (χ0n) is 8.06. The Labute approximate surface area is 94.6 Å². The molecule has 0 saturated carbocycles. The van der Waals surface area contributed by atoms with E-state index in [9.17, 15) is 0 Å². The van der Waals surface area contributed by atoms with Crippen LogP contribution in [0.3, 0.4) is 0 Å². The van der Waals surface area contributed by atoms with E-state index in [-0.39, 0.29) is 0 Å². The summed E-state index contributed by atoms with van der Waals surface area (Å²) in [5, 5.41) is 0. The van der Waals surface area contributed by atoms with Gasteiger partial charge in [0.15, 0.2) is 0 Å². The minimum Gasteiger partial charge on any atom is -0.0811 e. The highest BCUT2D eigenvalue weighted by Gasteiger charge is 2.14. The lowest BCUT2D eigenvalue weighted by Crippen LogP contribution is -2.06. The summed E-state index contributed by atoms with van der Waals surface area (Å²) in [5.74, 6) is 0. The van der Waals surface area contributed by atoms with Crippen molar-refractivity contribution in [3.05, 3.63) is 23.3 Å². The lowest BCUT2D eigenvalue weighted by Gasteiger charge is -2.21.